The summed E-state index contributed by atoms with van der Waals surface area (Å²) in [7, 11) is 0. The molecule has 0 fully saturated rings. The normalized spacial score (nSPS) is 10.5. The first kappa shape index (κ1) is 12.7. The molecule has 2 N–H and O–H groups in total. The number of halogens is 1. The number of rotatable bonds is 7. The van der Waals surface area contributed by atoms with Crippen molar-refractivity contribution in [2.45, 2.75) is 19.4 Å². The van der Waals surface area contributed by atoms with Crippen molar-refractivity contribution in [3.8, 4) is 0 Å². The molecule has 0 saturated heterocycles. The van der Waals surface area contributed by atoms with Gasteiger partial charge in [0.05, 0.1) is 0 Å². The molecule has 0 heterocycles. The lowest BCUT2D eigenvalue weighted by Gasteiger charge is -2.09. The smallest absolute Gasteiger partial charge is 0.0443 e. The maximum absolute atomic E-state index is 8.66. The van der Waals surface area contributed by atoms with E-state index in [1.54, 1.807) is 0 Å². The van der Waals surface area contributed by atoms with E-state index in [9.17, 15) is 0 Å². The van der Waals surface area contributed by atoms with Crippen molar-refractivity contribution in [3.63, 3.8) is 0 Å². The maximum Gasteiger partial charge on any atom is 0.0443 e. The van der Waals surface area contributed by atoms with Gasteiger partial charge in [-0.3, -0.25) is 0 Å². The predicted octanol–water partition coefficient (Wildman–Crippen LogP) is 2.10. The second kappa shape index (κ2) is 7.85. The van der Waals surface area contributed by atoms with Crippen LogP contribution in [0.4, 0.5) is 0 Å². The van der Waals surface area contributed by atoms with Crippen molar-refractivity contribution in [2.24, 2.45) is 0 Å². The first-order valence-corrected chi connectivity index (χ1v) is 6.45. The van der Waals surface area contributed by atoms with Gasteiger partial charge >= 0.3 is 0 Å². The van der Waals surface area contributed by atoms with Crippen molar-refractivity contribution in [3.05, 3.63) is 35.4 Å². The topological polar surface area (TPSA) is 32.3 Å². The van der Waals surface area contributed by atoms with Crippen molar-refractivity contribution in [1.29, 1.82) is 0 Å². The summed E-state index contributed by atoms with van der Waals surface area (Å²) in [6.07, 6.45) is 1.89. The highest BCUT2D eigenvalue weighted by atomic mass is 79.9. The molecular formula is C12H18BrNO. The summed E-state index contributed by atoms with van der Waals surface area (Å²) < 4.78 is 0. The van der Waals surface area contributed by atoms with Gasteiger partial charge in [-0.25, -0.2) is 0 Å². The summed E-state index contributed by atoms with van der Waals surface area (Å²) in [6, 6.07) is 8.48. The summed E-state index contributed by atoms with van der Waals surface area (Å²) in [4.78, 5) is 0. The van der Waals surface area contributed by atoms with Crippen LogP contribution in [0.1, 0.15) is 17.5 Å². The van der Waals surface area contributed by atoms with Crippen LogP contribution in [0.2, 0.25) is 0 Å². The van der Waals surface area contributed by atoms with Gasteiger partial charge in [0.2, 0.25) is 0 Å². The van der Waals surface area contributed by atoms with E-state index < -0.39 is 0 Å². The van der Waals surface area contributed by atoms with E-state index in [-0.39, 0.29) is 6.61 Å². The third-order valence-electron chi connectivity index (χ3n) is 2.31. The quantitative estimate of drug-likeness (QED) is 0.588. The molecule has 15 heavy (non-hydrogen) atoms. The zero-order valence-corrected chi connectivity index (χ0v) is 10.5. The Kier molecular flexibility index (Phi) is 6.64. The second-order valence-corrected chi connectivity index (χ2v) is 4.25. The molecule has 3 heteroatoms. The standard InChI is InChI=1S/C12H18BrNO/c13-7-6-11-4-1-2-5-12(11)10-14-8-3-9-15/h1-2,4-5,14-15H,3,6-10H2. The van der Waals surface area contributed by atoms with Gasteiger partial charge in [0.25, 0.3) is 0 Å². The SMILES string of the molecule is OCCCNCc1ccccc1CCBr. The average Bonchev–Trinajstić information content (AvgIpc) is 2.27. The molecule has 0 aromatic heterocycles. The van der Waals surface area contributed by atoms with E-state index in [4.69, 9.17) is 5.11 Å². The van der Waals surface area contributed by atoms with Crippen molar-refractivity contribution in [2.75, 3.05) is 18.5 Å². The number of aliphatic hydroxyl groups is 1. The fraction of sp³-hybridized carbons (Fsp3) is 0.500. The fourth-order valence-corrected chi connectivity index (χ4v) is 1.93. The molecule has 0 aliphatic rings. The molecular weight excluding hydrogens is 254 g/mol. The average molecular weight is 272 g/mol. The summed E-state index contributed by atoms with van der Waals surface area (Å²) in [5, 5.41) is 13.0. The van der Waals surface area contributed by atoms with Gasteiger partial charge in [-0.1, -0.05) is 40.2 Å². The lowest BCUT2D eigenvalue weighted by molar-refractivity contribution is 0.286. The van der Waals surface area contributed by atoms with Gasteiger partial charge in [-0.2, -0.15) is 0 Å². The van der Waals surface area contributed by atoms with Gasteiger partial charge in [0.15, 0.2) is 0 Å². The number of aliphatic hydroxyl groups excluding tert-OH is 1. The lowest BCUT2D eigenvalue weighted by atomic mass is 10.1. The molecule has 0 aliphatic carbocycles. The maximum atomic E-state index is 8.66. The monoisotopic (exact) mass is 271 g/mol. The van der Waals surface area contributed by atoms with E-state index in [0.717, 1.165) is 31.3 Å². The number of aryl methyl sites for hydroxylation is 1. The predicted molar refractivity (Wildman–Crippen MR) is 67.3 cm³/mol. The Morgan fingerprint density at radius 1 is 1.20 bits per heavy atom. The minimum atomic E-state index is 0.260. The highest BCUT2D eigenvalue weighted by molar-refractivity contribution is 9.09. The minimum Gasteiger partial charge on any atom is -0.396 e. The molecule has 0 atom stereocenters. The van der Waals surface area contributed by atoms with Crippen molar-refractivity contribution in [1.82, 2.24) is 5.32 Å². The number of nitrogens with one attached hydrogen (secondary N) is 1. The Labute approximate surface area is 99.8 Å². The molecule has 2 nitrogen and oxygen atoms in total. The third kappa shape index (κ3) is 4.78. The van der Waals surface area contributed by atoms with Crippen LogP contribution in [0.3, 0.4) is 0 Å². The Bertz CT molecular complexity index is 278. The van der Waals surface area contributed by atoms with Crippen LogP contribution in [0.5, 0.6) is 0 Å². The molecule has 0 amide bonds. The van der Waals surface area contributed by atoms with Gasteiger partial charge < -0.3 is 10.4 Å². The molecule has 84 valence electrons. The van der Waals surface area contributed by atoms with Crippen LogP contribution in [0, 0.1) is 0 Å². The van der Waals surface area contributed by atoms with Crippen molar-refractivity contribution >= 4 is 15.9 Å². The van der Waals surface area contributed by atoms with Crippen LogP contribution in [0.25, 0.3) is 0 Å². The highest BCUT2D eigenvalue weighted by Gasteiger charge is 1.99. The van der Waals surface area contributed by atoms with Gasteiger partial charge in [0.1, 0.15) is 0 Å². The number of benzene rings is 1. The largest absolute Gasteiger partial charge is 0.396 e. The molecule has 1 rings (SSSR count). The Balaban J connectivity index is 2.44. The van der Waals surface area contributed by atoms with E-state index >= 15 is 0 Å². The number of hydrogen-bond acceptors (Lipinski definition) is 2. The summed E-state index contributed by atoms with van der Waals surface area (Å²) in [5.41, 5.74) is 2.75. The van der Waals surface area contributed by atoms with Crippen LogP contribution in [-0.4, -0.2) is 23.6 Å². The molecule has 0 radical (unpaired) electrons. The van der Waals surface area contributed by atoms with E-state index in [0.29, 0.717) is 0 Å². The third-order valence-corrected chi connectivity index (χ3v) is 2.71. The Morgan fingerprint density at radius 2 is 1.93 bits per heavy atom. The van der Waals surface area contributed by atoms with Gasteiger partial charge in [-0.05, 0) is 30.5 Å². The van der Waals surface area contributed by atoms with Gasteiger partial charge in [0, 0.05) is 18.5 Å². The number of alkyl halides is 1. The molecule has 0 bridgehead atoms. The first-order chi connectivity index (χ1) is 7.38. The zero-order valence-electron chi connectivity index (χ0n) is 8.88. The zero-order chi connectivity index (χ0) is 10.9. The van der Waals surface area contributed by atoms with E-state index in [1.165, 1.54) is 11.1 Å². The van der Waals surface area contributed by atoms with Gasteiger partial charge in [-0.15, -0.1) is 0 Å². The highest BCUT2D eigenvalue weighted by Crippen LogP contribution is 2.10. The van der Waals surface area contributed by atoms with E-state index in [2.05, 4.69) is 45.5 Å². The fourth-order valence-electron chi connectivity index (χ4n) is 1.50. The van der Waals surface area contributed by atoms with Crippen LogP contribution in [0.15, 0.2) is 24.3 Å². The minimum absolute atomic E-state index is 0.260. The Morgan fingerprint density at radius 3 is 2.60 bits per heavy atom. The van der Waals surface area contributed by atoms with Crippen LogP contribution in [-0.2, 0) is 13.0 Å². The second-order valence-electron chi connectivity index (χ2n) is 3.46. The summed E-state index contributed by atoms with van der Waals surface area (Å²) >= 11 is 3.46. The van der Waals surface area contributed by atoms with Crippen molar-refractivity contribution < 1.29 is 5.11 Å². The molecule has 0 saturated carbocycles. The number of hydrogen-bond donors (Lipinski definition) is 2. The lowest BCUT2D eigenvalue weighted by Crippen LogP contribution is -2.16. The Hall–Kier alpha value is -0.380. The molecule has 0 spiro atoms. The molecule has 1 aromatic rings. The summed E-state index contributed by atoms with van der Waals surface area (Å²) in [6.45, 7) is 2.03. The first-order valence-electron chi connectivity index (χ1n) is 5.33. The molecule has 1 aromatic carbocycles. The molecule has 0 unspecified atom stereocenters. The van der Waals surface area contributed by atoms with Crippen LogP contribution >= 0.6 is 15.9 Å². The summed E-state index contributed by atoms with van der Waals surface area (Å²) in [5.74, 6) is 0. The molecule has 0 aliphatic heterocycles. The van der Waals surface area contributed by atoms with E-state index in [1.807, 2.05) is 0 Å². The van der Waals surface area contributed by atoms with Crippen LogP contribution < -0.4 is 5.32 Å².